The molecule has 1 N–H and O–H groups in total. The molecule has 3 atom stereocenters. The fourth-order valence-corrected chi connectivity index (χ4v) is 3.42. The van der Waals surface area contributed by atoms with Crippen LogP contribution in [0.3, 0.4) is 0 Å². The summed E-state index contributed by atoms with van der Waals surface area (Å²) in [4.78, 5) is 0. The first-order chi connectivity index (χ1) is 8.93. The van der Waals surface area contributed by atoms with Gasteiger partial charge in [-0.15, -0.1) is 0 Å². The summed E-state index contributed by atoms with van der Waals surface area (Å²) < 4.78 is 0. The molecular weight excluding hydrogens is 230 g/mol. The predicted molar refractivity (Wildman–Crippen MR) is 83.7 cm³/mol. The molecule has 1 aliphatic carbocycles. The molecule has 0 aliphatic heterocycles. The Morgan fingerprint density at radius 1 is 1.11 bits per heavy atom. The van der Waals surface area contributed by atoms with E-state index in [1.54, 1.807) is 0 Å². The SMILES string of the molecule is CCNC1CCC(c2ccc(C(C)(C)C)cc2)C1C. The first kappa shape index (κ1) is 14.6. The Labute approximate surface area is 118 Å². The van der Waals surface area contributed by atoms with Crippen LogP contribution in [0.25, 0.3) is 0 Å². The van der Waals surface area contributed by atoms with Gasteiger partial charge < -0.3 is 5.32 Å². The van der Waals surface area contributed by atoms with E-state index >= 15 is 0 Å². The van der Waals surface area contributed by atoms with Crippen molar-refractivity contribution in [2.45, 2.75) is 64.8 Å². The maximum atomic E-state index is 3.63. The van der Waals surface area contributed by atoms with E-state index in [2.05, 4.69) is 64.2 Å². The molecule has 19 heavy (non-hydrogen) atoms. The number of nitrogens with one attached hydrogen (secondary N) is 1. The zero-order valence-electron chi connectivity index (χ0n) is 13.2. The van der Waals surface area contributed by atoms with Crippen LogP contribution in [-0.2, 0) is 5.41 Å². The zero-order valence-corrected chi connectivity index (χ0v) is 13.2. The number of benzene rings is 1. The maximum Gasteiger partial charge on any atom is 0.00986 e. The van der Waals surface area contributed by atoms with Gasteiger partial charge in [-0.3, -0.25) is 0 Å². The summed E-state index contributed by atoms with van der Waals surface area (Å²) in [6, 6.07) is 10.1. The minimum Gasteiger partial charge on any atom is -0.314 e. The van der Waals surface area contributed by atoms with E-state index in [1.807, 2.05) is 0 Å². The van der Waals surface area contributed by atoms with Crippen molar-refractivity contribution < 1.29 is 0 Å². The van der Waals surface area contributed by atoms with Gasteiger partial charge in [0.15, 0.2) is 0 Å². The molecular formula is C18H29N. The van der Waals surface area contributed by atoms with Gasteiger partial charge in [-0.1, -0.05) is 58.9 Å². The van der Waals surface area contributed by atoms with Crippen LogP contribution < -0.4 is 5.32 Å². The molecule has 1 aliphatic rings. The van der Waals surface area contributed by atoms with Gasteiger partial charge >= 0.3 is 0 Å². The van der Waals surface area contributed by atoms with E-state index in [9.17, 15) is 0 Å². The topological polar surface area (TPSA) is 12.0 Å². The van der Waals surface area contributed by atoms with Crippen LogP contribution in [0.1, 0.15) is 64.5 Å². The Morgan fingerprint density at radius 2 is 1.74 bits per heavy atom. The van der Waals surface area contributed by atoms with Gasteiger partial charge in [0.05, 0.1) is 0 Å². The number of hydrogen-bond donors (Lipinski definition) is 1. The van der Waals surface area contributed by atoms with Gasteiger partial charge in [0.25, 0.3) is 0 Å². The maximum absolute atomic E-state index is 3.63. The monoisotopic (exact) mass is 259 g/mol. The van der Waals surface area contributed by atoms with Crippen molar-refractivity contribution in [1.82, 2.24) is 5.32 Å². The lowest BCUT2D eigenvalue weighted by Crippen LogP contribution is -2.32. The largest absolute Gasteiger partial charge is 0.314 e. The standard InChI is InChI=1S/C18H29N/c1-6-19-17-12-11-16(13(17)2)14-7-9-15(10-8-14)18(3,4)5/h7-10,13,16-17,19H,6,11-12H2,1-5H3. The molecule has 0 amide bonds. The summed E-state index contributed by atoms with van der Waals surface area (Å²) in [5.74, 6) is 1.48. The summed E-state index contributed by atoms with van der Waals surface area (Å²) in [7, 11) is 0. The van der Waals surface area contributed by atoms with E-state index in [1.165, 1.54) is 24.0 Å². The van der Waals surface area contributed by atoms with Crippen molar-refractivity contribution in [3.63, 3.8) is 0 Å². The summed E-state index contributed by atoms with van der Waals surface area (Å²) in [6.07, 6.45) is 2.65. The molecule has 0 radical (unpaired) electrons. The van der Waals surface area contributed by atoms with Gasteiger partial charge in [0, 0.05) is 6.04 Å². The molecule has 0 saturated heterocycles. The lowest BCUT2D eigenvalue weighted by atomic mass is 9.83. The molecule has 1 nitrogen and oxygen atoms in total. The van der Waals surface area contributed by atoms with Crippen LogP contribution in [0.5, 0.6) is 0 Å². The Kier molecular flexibility index (Phi) is 4.35. The van der Waals surface area contributed by atoms with Crippen LogP contribution in [-0.4, -0.2) is 12.6 Å². The van der Waals surface area contributed by atoms with Crippen LogP contribution in [0, 0.1) is 5.92 Å². The number of hydrogen-bond acceptors (Lipinski definition) is 1. The van der Waals surface area contributed by atoms with E-state index in [0.717, 1.165) is 18.4 Å². The van der Waals surface area contributed by atoms with Gasteiger partial charge in [-0.25, -0.2) is 0 Å². The second kappa shape index (κ2) is 5.66. The molecule has 106 valence electrons. The molecule has 1 heteroatoms. The molecule has 2 rings (SSSR count). The van der Waals surface area contributed by atoms with Gasteiger partial charge in [-0.2, -0.15) is 0 Å². The molecule has 1 saturated carbocycles. The first-order valence-electron chi connectivity index (χ1n) is 7.77. The zero-order chi connectivity index (χ0) is 14.0. The Bertz CT molecular complexity index is 399. The second-order valence-electron chi connectivity index (χ2n) is 7.08. The highest BCUT2D eigenvalue weighted by Crippen LogP contribution is 2.40. The Balaban J connectivity index is 2.11. The molecule has 1 aromatic carbocycles. The third kappa shape index (κ3) is 3.20. The van der Waals surface area contributed by atoms with Crippen LogP contribution in [0.4, 0.5) is 0 Å². The average molecular weight is 259 g/mol. The molecule has 0 aromatic heterocycles. The van der Waals surface area contributed by atoms with Crippen molar-refractivity contribution in [2.24, 2.45) is 5.92 Å². The van der Waals surface area contributed by atoms with Crippen LogP contribution in [0.2, 0.25) is 0 Å². The number of rotatable bonds is 3. The van der Waals surface area contributed by atoms with E-state index in [-0.39, 0.29) is 5.41 Å². The minimum atomic E-state index is 0.256. The minimum absolute atomic E-state index is 0.256. The van der Waals surface area contributed by atoms with E-state index in [4.69, 9.17) is 0 Å². The van der Waals surface area contributed by atoms with E-state index < -0.39 is 0 Å². The van der Waals surface area contributed by atoms with Crippen molar-refractivity contribution in [3.05, 3.63) is 35.4 Å². The second-order valence-corrected chi connectivity index (χ2v) is 7.08. The summed E-state index contributed by atoms with van der Waals surface area (Å²) in [6.45, 7) is 12.5. The Morgan fingerprint density at radius 3 is 2.26 bits per heavy atom. The Hall–Kier alpha value is -0.820. The lowest BCUT2D eigenvalue weighted by molar-refractivity contribution is 0.412. The molecule has 3 unspecified atom stereocenters. The van der Waals surface area contributed by atoms with Crippen molar-refractivity contribution in [1.29, 1.82) is 0 Å². The van der Waals surface area contributed by atoms with Crippen LogP contribution in [0.15, 0.2) is 24.3 Å². The average Bonchev–Trinajstić information content (AvgIpc) is 2.71. The van der Waals surface area contributed by atoms with Gasteiger partial charge in [0.1, 0.15) is 0 Å². The smallest absolute Gasteiger partial charge is 0.00986 e. The summed E-state index contributed by atoms with van der Waals surface area (Å²) in [5.41, 5.74) is 3.22. The highest BCUT2D eigenvalue weighted by atomic mass is 14.9. The lowest BCUT2D eigenvalue weighted by Gasteiger charge is -2.23. The quantitative estimate of drug-likeness (QED) is 0.844. The van der Waals surface area contributed by atoms with Crippen molar-refractivity contribution in [2.75, 3.05) is 6.54 Å². The first-order valence-corrected chi connectivity index (χ1v) is 7.77. The predicted octanol–water partition coefficient (Wildman–Crippen LogP) is 4.48. The molecule has 0 heterocycles. The molecule has 0 spiro atoms. The third-order valence-electron chi connectivity index (χ3n) is 4.73. The van der Waals surface area contributed by atoms with Crippen molar-refractivity contribution in [3.8, 4) is 0 Å². The molecule has 1 aromatic rings. The molecule has 0 bridgehead atoms. The van der Waals surface area contributed by atoms with E-state index in [0.29, 0.717) is 6.04 Å². The normalized spacial score (nSPS) is 27.7. The van der Waals surface area contributed by atoms with Gasteiger partial charge in [-0.05, 0) is 47.8 Å². The summed E-state index contributed by atoms with van der Waals surface area (Å²) in [5, 5.41) is 3.63. The van der Waals surface area contributed by atoms with Crippen LogP contribution >= 0.6 is 0 Å². The molecule has 1 fully saturated rings. The van der Waals surface area contributed by atoms with Gasteiger partial charge in [0.2, 0.25) is 0 Å². The fraction of sp³-hybridized carbons (Fsp3) is 0.667. The van der Waals surface area contributed by atoms with Crippen molar-refractivity contribution >= 4 is 0 Å². The fourth-order valence-electron chi connectivity index (χ4n) is 3.42. The summed E-state index contributed by atoms with van der Waals surface area (Å²) >= 11 is 0. The third-order valence-corrected chi connectivity index (χ3v) is 4.73. The highest BCUT2D eigenvalue weighted by molar-refractivity contribution is 5.30. The highest BCUT2D eigenvalue weighted by Gasteiger charge is 2.33.